The number of hydrogen-bond donors (Lipinski definition) is 2. The van der Waals surface area contributed by atoms with Crippen molar-refractivity contribution in [2.45, 2.75) is 26.2 Å². The van der Waals surface area contributed by atoms with E-state index in [1.54, 1.807) is 0 Å². The standard InChI is InChI=1S/C18H30N4.HI/c1-3-22-13-11-17(15-22)14-21-18(19-2)20-12-7-10-16-8-5-4-6-9-16;/h4-6,8-9,17H,3,7,10-15H2,1-2H3,(H2,19,20,21);1H. The van der Waals surface area contributed by atoms with Gasteiger partial charge in [-0.1, -0.05) is 37.3 Å². The molecular formula is C18H31IN4. The number of guanidine groups is 1. The molecule has 0 amide bonds. The Balaban J connectivity index is 0.00000264. The zero-order chi connectivity index (χ0) is 15.6. The van der Waals surface area contributed by atoms with Crippen molar-refractivity contribution in [3.05, 3.63) is 35.9 Å². The van der Waals surface area contributed by atoms with Crippen molar-refractivity contribution in [1.29, 1.82) is 0 Å². The minimum absolute atomic E-state index is 0. The van der Waals surface area contributed by atoms with Crippen molar-refractivity contribution in [2.24, 2.45) is 10.9 Å². The second kappa shape index (κ2) is 11.7. The van der Waals surface area contributed by atoms with Gasteiger partial charge in [-0.05, 0) is 43.8 Å². The third-order valence-corrected chi connectivity index (χ3v) is 4.38. The first-order valence-electron chi connectivity index (χ1n) is 8.52. The predicted molar refractivity (Wildman–Crippen MR) is 110 cm³/mol. The topological polar surface area (TPSA) is 39.7 Å². The van der Waals surface area contributed by atoms with Crippen LogP contribution < -0.4 is 10.6 Å². The number of aliphatic imine (C=N–C) groups is 1. The lowest BCUT2D eigenvalue weighted by atomic mass is 10.1. The lowest BCUT2D eigenvalue weighted by Crippen LogP contribution is -2.40. The predicted octanol–water partition coefficient (Wildman–Crippen LogP) is 2.74. The third-order valence-electron chi connectivity index (χ3n) is 4.38. The van der Waals surface area contributed by atoms with Gasteiger partial charge in [0.05, 0.1) is 0 Å². The molecule has 130 valence electrons. The smallest absolute Gasteiger partial charge is 0.190 e. The summed E-state index contributed by atoms with van der Waals surface area (Å²) in [7, 11) is 1.85. The Kier molecular flexibility index (Phi) is 10.3. The minimum atomic E-state index is 0. The van der Waals surface area contributed by atoms with Crippen LogP contribution in [0.1, 0.15) is 25.3 Å². The molecule has 1 aliphatic rings. The fourth-order valence-corrected chi connectivity index (χ4v) is 2.97. The molecule has 1 atom stereocenters. The van der Waals surface area contributed by atoms with Crippen LogP contribution in [0.3, 0.4) is 0 Å². The highest BCUT2D eigenvalue weighted by atomic mass is 127. The van der Waals surface area contributed by atoms with Crippen LogP contribution in [0.2, 0.25) is 0 Å². The maximum atomic E-state index is 4.31. The summed E-state index contributed by atoms with van der Waals surface area (Å²) in [5, 5.41) is 6.88. The average molecular weight is 430 g/mol. The maximum Gasteiger partial charge on any atom is 0.190 e. The molecule has 23 heavy (non-hydrogen) atoms. The van der Waals surface area contributed by atoms with Crippen LogP contribution in [0.25, 0.3) is 0 Å². The van der Waals surface area contributed by atoms with Gasteiger partial charge >= 0.3 is 0 Å². The second-order valence-corrected chi connectivity index (χ2v) is 6.02. The lowest BCUT2D eigenvalue weighted by Gasteiger charge is -2.16. The Hall–Kier alpha value is -0.820. The van der Waals surface area contributed by atoms with E-state index in [4.69, 9.17) is 0 Å². The monoisotopic (exact) mass is 430 g/mol. The Labute approximate surface area is 158 Å². The molecular weight excluding hydrogens is 399 g/mol. The summed E-state index contributed by atoms with van der Waals surface area (Å²) in [6.45, 7) is 7.85. The second-order valence-electron chi connectivity index (χ2n) is 6.02. The molecule has 1 aliphatic heterocycles. The summed E-state index contributed by atoms with van der Waals surface area (Å²) >= 11 is 0. The highest BCUT2D eigenvalue weighted by molar-refractivity contribution is 14.0. The lowest BCUT2D eigenvalue weighted by molar-refractivity contribution is 0.342. The van der Waals surface area contributed by atoms with Crippen LogP contribution in [-0.4, -0.2) is 50.6 Å². The number of aryl methyl sites for hydroxylation is 1. The highest BCUT2D eigenvalue weighted by Gasteiger charge is 2.20. The number of likely N-dealkylation sites (tertiary alicyclic amines) is 1. The summed E-state index contributed by atoms with van der Waals surface area (Å²) in [6, 6.07) is 10.6. The minimum Gasteiger partial charge on any atom is -0.356 e. The van der Waals surface area contributed by atoms with Gasteiger partial charge in [-0.15, -0.1) is 24.0 Å². The molecule has 1 aromatic rings. The maximum absolute atomic E-state index is 4.31. The van der Waals surface area contributed by atoms with Crippen LogP contribution in [0.4, 0.5) is 0 Å². The Morgan fingerprint density at radius 3 is 2.70 bits per heavy atom. The summed E-state index contributed by atoms with van der Waals surface area (Å²) in [4.78, 5) is 6.83. The molecule has 1 saturated heterocycles. The molecule has 5 heteroatoms. The zero-order valence-electron chi connectivity index (χ0n) is 14.4. The molecule has 1 heterocycles. The van der Waals surface area contributed by atoms with Gasteiger partial charge in [0, 0.05) is 26.7 Å². The summed E-state index contributed by atoms with van der Waals surface area (Å²) in [6.07, 6.45) is 3.53. The molecule has 1 unspecified atom stereocenters. The van der Waals surface area contributed by atoms with Gasteiger partial charge in [0.1, 0.15) is 0 Å². The number of rotatable bonds is 7. The van der Waals surface area contributed by atoms with Gasteiger partial charge in [0.15, 0.2) is 5.96 Å². The van der Waals surface area contributed by atoms with Crippen molar-refractivity contribution < 1.29 is 0 Å². The third kappa shape index (κ3) is 7.52. The van der Waals surface area contributed by atoms with E-state index in [9.17, 15) is 0 Å². The first kappa shape index (κ1) is 20.2. The van der Waals surface area contributed by atoms with Crippen molar-refractivity contribution in [1.82, 2.24) is 15.5 Å². The van der Waals surface area contributed by atoms with Gasteiger partial charge in [-0.2, -0.15) is 0 Å². The number of benzene rings is 1. The molecule has 4 nitrogen and oxygen atoms in total. The van der Waals surface area contributed by atoms with Crippen molar-refractivity contribution in [3.8, 4) is 0 Å². The van der Waals surface area contributed by atoms with E-state index >= 15 is 0 Å². The van der Waals surface area contributed by atoms with Crippen LogP contribution in [0.5, 0.6) is 0 Å². The summed E-state index contributed by atoms with van der Waals surface area (Å²) in [5.41, 5.74) is 1.40. The molecule has 0 saturated carbocycles. The van der Waals surface area contributed by atoms with Crippen LogP contribution in [-0.2, 0) is 6.42 Å². The Morgan fingerprint density at radius 2 is 2.04 bits per heavy atom. The molecule has 0 spiro atoms. The number of nitrogens with one attached hydrogen (secondary N) is 2. The molecule has 2 N–H and O–H groups in total. The molecule has 0 bridgehead atoms. The normalized spacial score (nSPS) is 18.5. The van der Waals surface area contributed by atoms with E-state index in [0.717, 1.165) is 37.8 Å². The van der Waals surface area contributed by atoms with E-state index in [2.05, 4.69) is 57.8 Å². The van der Waals surface area contributed by atoms with Crippen molar-refractivity contribution in [3.63, 3.8) is 0 Å². The van der Waals surface area contributed by atoms with E-state index in [0.29, 0.717) is 0 Å². The number of hydrogen-bond acceptors (Lipinski definition) is 2. The van der Waals surface area contributed by atoms with Crippen molar-refractivity contribution in [2.75, 3.05) is 39.8 Å². The quantitative estimate of drug-likeness (QED) is 0.303. The van der Waals surface area contributed by atoms with Crippen molar-refractivity contribution >= 4 is 29.9 Å². The highest BCUT2D eigenvalue weighted by Crippen LogP contribution is 2.14. The average Bonchev–Trinajstić information content (AvgIpc) is 3.03. The first-order valence-corrected chi connectivity index (χ1v) is 8.52. The zero-order valence-corrected chi connectivity index (χ0v) is 16.8. The van der Waals surface area contributed by atoms with Gasteiger partial charge in [-0.3, -0.25) is 4.99 Å². The van der Waals surface area contributed by atoms with Gasteiger partial charge in [-0.25, -0.2) is 0 Å². The largest absolute Gasteiger partial charge is 0.356 e. The molecule has 1 aromatic carbocycles. The van der Waals surface area contributed by atoms with Crippen LogP contribution in [0.15, 0.2) is 35.3 Å². The van der Waals surface area contributed by atoms with Crippen LogP contribution >= 0.6 is 24.0 Å². The van der Waals surface area contributed by atoms with E-state index < -0.39 is 0 Å². The number of nitrogens with zero attached hydrogens (tertiary/aromatic N) is 2. The molecule has 0 aliphatic carbocycles. The summed E-state index contributed by atoms with van der Waals surface area (Å²) < 4.78 is 0. The van der Waals surface area contributed by atoms with E-state index in [1.807, 2.05) is 7.05 Å². The Morgan fingerprint density at radius 1 is 1.26 bits per heavy atom. The Bertz CT molecular complexity index is 450. The molecule has 1 fully saturated rings. The molecule has 0 radical (unpaired) electrons. The SMILES string of the molecule is CCN1CCC(CNC(=NC)NCCCc2ccccc2)C1.I. The van der Waals surface area contributed by atoms with Gasteiger partial charge in [0.25, 0.3) is 0 Å². The van der Waals surface area contributed by atoms with E-state index in [-0.39, 0.29) is 24.0 Å². The first-order chi connectivity index (χ1) is 10.8. The van der Waals surface area contributed by atoms with Crippen LogP contribution in [0, 0.1) is 5.92 Å². The van der Waals surface area contributed by atoms with Gasteiger partial charge < -0.3 is 15.5 Å². The molecule has 2 rings (SSSR count). The molecule has 0 aromatic heterocycles. The van der Waals surface area contributed by atoms with E-state index in [1.165, 1.54) is 31.6 Å². The summed E-state index contributed by atoms with van der Waals surface area (Å²) in [5.74, 6) is 1.69. The fourth-order valence-electron chi connectivity index (χ4n) is 2.97. The number of halogens is 1. The fraction of sp³-hybridized carbons (Fsp3) is 0.611. The van der Waals surface area contributed by atoms with Gasteiger partial charge in [0.2, 0.25) is 0 Å².